The van der Waals surface area contributed by atoms with Crippen LogP contribution in [0.25, 0.3) is 0 Å². The van der Waals surface area contributed by atoms with E-state index < -0.39 is 5.97 Å². The van der Waals surface area contributed by atoms with Crippen LogP contribution in [0.3, 0.4) is 0 Å². The molecule has 0 aromatic heterocycles. The lowest BCUT2D eigenvalue weighted by molar-refractivity contribution is -0.131. The van der Waals surface area contributed by atoms with Crippen molar-refractivity contribution in [3.63, 3.8) is 0 Å². The van der Waals surface area contributed by atoms with Gasteiger partial charge in [-0.2, -0.15) is 0 Å². The highest BCUT2D eigenvalue weighted by Gasteiger charge is 2.26. The van der Waals surface area contributed by atoms with Crippen molar-refractivity contribution in [2.24, 2.45) is 11.8 Å². The fourth-order valence-corrected chi connectivity index (χ4v) is 2.86. The highest BCUT2D eigenvalue weighted by atomic mass is 16.4. The summed E-state index contributed by atoms with van der Waals surface area (Å²) >= 11 is 0. The van der Waals surface area contributed by atoms with Crippen molar-refractivity contribution in [3.05, 3.63) is 12.7 Å². The van der Waals surface area contributed by atoms with Gasteiger partial charge >= 0.3 is 5.97 Å². The minimum absolute atomic E-state index is 0. The van der Waals surface area contributed by atoms with Crippen LogP contribution in [-0.4, -0.2) is 16.6 Å². The van der Waals surface area contributed by atoms with E-state index in [1.807, 2.05) is 0 Å². The summed E-state index contributed by atoms with van der Waals surface area (Å²) < 4.78 is 0. The molecule has 2 saturated carbocycles. The Morgan fingerprint density at radius 3 is 1.44 bits per heavy atom. The number of rotatable bonds is 2. The molecule has 0 unspecified atom stereocenters. The van der Waals surface area contributed by atoms with Crippen LogP contribution < -0.4 is 0 Å². The predicted octanol–water partition coefficient (Wildman–Crippen LogP) is 2.80. The predicted molar refractivity (Wildman–Crippen MR) is 65.4 cm³/mol. The molecule has 3 heteroatoms. The lowest BCUT2D eigenvalue weighted by atomic mass is 9.90. The Hall–Kier alpha value is -0.830. The van der Waals surface area contributed by atoms with Crippen LogP contribution in [0.4, 0.5) is 0 Å². The van der Waals surface area contributed by atoms with Gasteiger partial charge in [0.05, 0.1) is 0 Å². The van der Waals surface area contributed by atoms with E-state index in [2.05, 4.69) is 6.58 Å². The van der Waals surface area contributed by atoms with Gasteiger partial charge in [-0.3, -0.25) is 0 Å². The first kappa shape index (κ1) is 15.2. The van der Waals surface area contributed by atoms with Crippen LogP contribution >= 0.6 is 0 Å². The molecular formula is C13H24O3. The molecule has 16 heavy (non-hydrogen) atoms. The Kier molecular flexibility index (Phi) is 7.90. The highest BCUT2D eigenvalue weighted by Crippen LogP contribution is 2.39. The largest absolute Gasteiger partial charge is 0.478 e. The van der Waals surface area contributed by atoms with Crippen molar-refractivity contribution < 1.29 is 15.4 Å². The molecule has 0 aromatic rings. The molecule has 0 atom stereocenters. The second kappa shape index (κ2) is 8.34. The van der Waals surface area contributed by atoms with E-state index in [1.165, 1.54) is 25.7 Å². The number of aliphatic carboxylic acids is 1. The fourth-order valence-electron chi connectivity index (χ4n) is 2.86. The topological polar surface area (TPSA) is 68.8 Å². The van der Waals surface area contributed by atoms with Crippen LogP contribution in [0.2, 0.25) is 0 Å². The normalized spacial score (nSPS) is 20.8. The summed E-state index contributed by atoms with van der Waals surface area (Å²) in [5.74, 6) is 1.33. The second-order valence-electron chi connectivity index (χ2n) is 4.63. The van der Waals surface area contributed by atoms with Gasteiger partial charge in [0, 0.05) is 6.08 Å². The van der Waals surface area contributed by atoms with Crippen LogP contribution in [-0.2, 0) is 4.79 Å². The van der Waals surface area contributed by atoms with Gasteiger partial charge in [0.2, 0.25) is 0 Å². The maximum atomic E-state index is 9.25. The molecule has 0 radical (unpaired) electrons. The molecule has 2 aliphatic rings. The zero-order valence-electron chi connectivity index (χ0n) is 9.95. The Labute approximate surface area is 97.9 Å². The summed E-state index contributed by atoms with van der Waals surface area (Å²) in [5, 5.41) is 7.60. The second-order valence-corrected chi connectivity index (χ2v) is 4.63. The van der Waals surface area contributed by atoms with Gasteiger partial charge in [-0.25, -0.2) is 4.79 Å². The molecule has 3 N–H and O–H groups in total. The molecule has 3 nitrogen and oxygen atoms in total. The van der Waals surface area contributed by atoms with Crippen molar-refractivity contribution in [3.8, 4) is 0 Å². The van der Waals surface area contributed by atoms with E-state index in [-0.39, 0.29) is 5.48 Å². The van der Waals surface area contributed by atoms with Crippen molar-refractivity contribution in [2.75, 3.05) is 0 Å². The van der Waals surface area contributed by atoms with E-state index in [4.69, 9.17) is 5.11 Å². The maximum Gasteiger partial charge on any atom is 0.327 e. The molecule has 0 aliphatic heterocycles. The standard InChI is InChI=1S/C10H18.C3H4O2.H2O/c1-2-6-9(5-1)10-7-3-4-8-10;1-2-3(4)5;/h9-10H,1-8H2;2H,1H2,(H,4,5);1H2. The first-order chi connectivity index (χ1) is 7.24. The minimum Gasteiger partial charge on any atom is -0.478 e. The van der Waals surface area contributed by atoms with Gasteiger partial charge in [0.1, 0.15) is 0 Å². The van der Waals surface area contributed by atoms with Crippen molar-refractivity contribution in [1.82, 2.24) is 0 Å². The van der Waals surface area contributed by atoms with Gasteiger partial charge in [-0.15, -0.1) is 0 Å². The van der Waals surface area contributed by atoms with Crippen LogP contribution in [0.5, 0.6) is 0 Å². The first-order valence-electron chi connectivity index (χ1n) is 6.09. The van der Waals surface area contributed by atoms with Gasteiger partial charge in [0.15, 0.2) is 0 Å². The number of carbonyl (C=O) groups is 1. The molecule has 2 aliphatic carbocycles. The summed E-state index contributed by atoms with van der Waals surface area (Å²) in [7, 11) is 0. The lowest BCUT2D eigenvalue weighted by Crippen LogP contribution is -2.06. The van der Waals surface area contributed by atoms with E-state index in [0.717, 1.165) is 17.9 Å². The zero-order valence-corrected chi connectivity index (χ0v) is 9.95. The Morgan fingerprint density at radius 1 is 1.00 bits per heavy atom. The zero-order chi connectivity index (χ0) is 11.1. The summed E-state index contributed by atoms with van der Waals surface area (Å²) in [6, 6.07) is 0. The Balaban J connectivity index is 0.000000330. The molecule has 94 valence electrons. The Bertz CT molecular complexity index is 187. The lowest BCUT2D eigenvalue weighted by Gasteiger charge is -2.16. The molecule has 0 heterocycles. The quantitative estimate of drug-likeness (QED) is 0.738. The van der Waals surface area contributed by atoms with Crippen molar-refractivity contribution in [1.29, 1.82) is 0 Å². The monoisotopic (exact) mass is 228 g/mol. The smallest absolute Gasteiger partial charge is 0.327 e. The van der Waals surface area contributed by atoms with E-state index >= 15 is 0 Å². The molecule has 0 aromatic carbocycles. The number of hydrogen-bond donors (Lipinski definition) is 1. The van der Waals surface area contributed by atoms with Gasteiger partial charge < -0.3 is 10.6 Å². The van der Waals surface area contributed by atoms with Gasteiger partial charge in [0.25, 0.3) is 0 Å². The number of carboxylic acids is 1. The molecule has 0 spiro atoms. The van der Waals surface area contributed by atoms with Crippen molar-refractivity contribution in [2.45, 2.75) is 51.4 Å². The Morgan fingerprint density at radius 2 is 1.25 bits per heavy atom. The summed E-state index contributed by atoms with van der Waals surface area (Å²) in [6.07, 6.45) is 13.2. The molecule has 2 rings (SSSR count). The summed E-state index contributed by atoms with van der Waals surface area (Å²) in [6.45, 7) is 2.96. The molecular weight excluding hydrogens is 204 g/mol. The summed E-state index contributed by atoms with van der Waals surface area (Å²) in [4.78, 5) is 9.25. The van der Waals surface area contributed by atoms with Crippen LogP contribution in [0.1, 0.15) is 51.4 Å². The third-order valence-corrected chi connectivity index (χ3v) is 3.64. The van der Waals surface area contributed by atoms with E-state index in [0.29, 0.717) is 0 Å². The van der Waals surface area contributed by atoms with E-state index in [1.54, 1.807) is 25.7 Å². The van der Waals surface area contributed by atoms with Gasteiger partial charge in [-0.05, 0) is 11.8 Å². The highest BCUT2D eigenvalue weighted by molar-refractivity contribution is 5.78. The average molecular weight is 228 g/mol. The molecule has 0 amide bonds. The maximum absolute atomic E-state index is 9.25. The average Bonchev–Trinajstić information content (AvgIpc) is 2.90. The van der Waals surface area contributed by atoms with Gasteiger partial charge in [-0.1, -0.05) is 57.9 Å². The minimum atomic E-state index is -0.981. The number of hydrogen-bond acceptors (Lipinski definition) is 1. The molecule has 0 bridgehead atoms. The molecule has 2 fully saturated rings. The van der Waals surface area contributed by atoms with Crippen LogP contribution in [0.15, 0.2) is 12.7 Å². The SMILES string of the molecule is C1CCC(C2CCCC2)C1.C=CC(=O)O.O. The molecule has 0 saturated heterocycles. The first-order valence-corrected chi connectivity index (χ1v) is 6.09. The number of carboxylic acid groups (broad SMARTS) is 1. The third-order valence-electron chi connectivity index (χ3n) is 3.64. The summed E-state index contributed by atoms with van der Waals surface area (Å²) in [5.41, 5.74) is 0. The fraction of sp³-hybridized carbons (Fsp3) is 0.769. The van der Waals surface area contributed by atoms with Crippen LogP contribution in [0, 0.1) is 11.8 Å². The van der Waals surface area contributed by atoms with E-state index in [9.17, 15) is 4.79 Å². The third kappa shape index (κ3) is 5.31. The van der Waals surface area contributed by atoms with Crippen molar-refractivity contribution >= 4 is 5.97 Å².